The van der Waals surface area contributed by atoms with E-state index < -0.39 is 0 Å². The summed E-state index contributed by atoms with van der Waals surface area (Å²) in [6, 6.07) is 5.13. The minimum absolute atomic E-state index is 0.0101. The molecule has 15 heavy (non-hydrogen) atoms. The van der Waals surface area contributed by atoms with Crippen molar-refractivity contribution in [2.45, 2.75) is 20.3 Å². The molecule has 82 valence electrons. The van der Waals surface area contributed by atoms with Gasteiger partial charge >= 0.3 is 0 Å². The Morgan fingerprint density at radius 2 is 2.20 bits per heavy atom. The van der Waals surface area contributed by atoms with E-state index >= 15 is 0 Å². The fourth-order valence-corrected chi connectivity index (χ4v) is 1.54. The fraction of sp³-hybridized carbons (Fsp3) is 0.417. The van der Waals surface area contributed by atoms with Gasteiger partial charge in [0.1, 0.15) is 5.75 Å². The lowest BCUT2D eigenvalue weighted by Gasteiger charge is -2.09. The molecule has 0 saturated carbocycles. The minimum atomic E-state index is 0.0101. The molecule has 2 nitrogen and oxygen atoms in total. The number of methoxy groups -OCH3 is 1. The number of benzene rings is 1. The van der Waals surface area contributed by atoms with E-state index in [-0.39, 0.29) is 11.7 Å². The third kappa shape index (κ3) is 2.72. The van der Waals surface area contributed by atoms with Crippen molar-refractivity contribution in [1.82, 2.24) is 0 Å². The lowest BCUT2D eigenvalue weighted by molar-refractivity contribution is 0.0927. The zero-order chi connectivity index (χ0) is 11.4. The maximum absolute atomic E-state index is 11.9. The van der Waals surface area contributed by atoms with Gasteiger partial charge in [-0.15, -0.1) is 0 Å². The molecular weight excluding hydrogens is 212 g/mol. The molecule has 0 radical (unpaired) electrons. The molecule has 0 fully saturated rings. The number of ketones is 1. The van der Waals surface area contributed by atoms with Crippen molar-refractivity contribution < 1.29 is 9.53 Å². The van der Waals surface area contributed by atoms with Gasteiger partial charge in [-0.05, 0) is 24.6 Å². The number of hydrogen-bond acceptors (Lipinski definition) is 2. The van der Waals surface area contributed by atoms with Gasteiger partial charge in [-0.3, -0.25) is 4.79 Å². The smallest absolute Gasteiger partial charge is 0.167 e. The van der Waals surface area contributed by atoms with E-state index in [9.17, 15) is 4.79 Å². The molecule has 0 aliphatic rings. The Bertz CT molecular complexity index is 361. The molecule has 3 heteroatoms. The summed E-state index contributed by atoms with van der Waals surface area (Å²) in [4.78, 5) is 11.9. The van der Waals surface area contributed by atoms with Crippen LogP contribution in [-0.4, -0.2) is 12.9 Å². The van der Waals surface area contributed by atoms with Gasteiger partial charge in [-0.25, -0.2) is 0 Å². The first-order chi connectivity index (χ1) is 7.10. The first-order valence-electron chi connectivity index (χ1n) is 4.97. The highest BCUT2D eigenvalue weighted by molar-refractivity contribution is 6.34. The Morgan fingerprint density at radius 3 is 2.67 bits per heavy atom. The second-order valence-electron chi connectivity index (χ2n) is 3.52. The van der Waals surface area contributed by atoms with E-state index in [2.05, 4.69) is 0 Å². The number of hydrogen-bond donors (Lipinski definition) is 0. The standard InChI is InChI=1S/C12H15ClO2/c1-4-8(2)12(14)10-6-5-9(15-3)7-11(10)13/h5-8H,4H2,1-3H3. The van der Waals surface area contributed by atoms with E-state index in [1.54, 1.807) is 25.3 Å². The van der Waals surface area contributed by atoms with Crippen LogP contribution in [0.15, 0.2) is 18.2 Å². The molecule has 1 atom stereocenters. The van der Waals surface area contributed by atoms with E-state index in [0.29, 0.717) is 16.3 Å². The predicted molar refractivity (Wildman–Crippen MR) is 61.8 cm³/mol. The van der Waals surface area contributed by atoms with Gasteiger partial charge in [-0.1, -0.05) is 25.4 Å². The van der Waals surface area contributed by atoms with Crippen molar-refractivity contribution in [1.29, 1.82) is 0 Å². The topological polar surface area (TPSA) is 26.3 Å². The van der Waals surface area contributed by atoms with Crippen LogP contribution in [0, 0.1) is 5.92 Å². The summed E-state index contributed by atoms with van der Waals surface area (Å²) in [7, 11) is 1.57. The van der Waals surface area contributed by atoms with Gasteiger partial charge in [0, 0.05) is 11.5 Å². The molecule has 1 aromatic carbocycles. The molecule has 1 unspecified atom stereocenters. The van der Waals surface area contributed by atoms with Crippen LogP contribution in [-0.2, 0) is 0 Å². The van der Waals surface area contributed by atoms with Gasteiger partial charge in [-0.2, -0.15) is 0 Å². The molecule has 0 aliphatic carbocycles. The first kappa shape index (κ1) is 12.1. The molecule has 0 saturated heterocycles. The molecule has 0 heterocycles. The van der Waals surface area contributed by atoms with Crippen molar-refractivity contribution in [2.24, 2.45) is 5.92 Å². The van der Waals surface area contributed by atoms with Gasteiger partial charge in [0.2, 0.25) is 0 Å². The van der Waals surface area contributed by atoms with Crippen LogP contribution < -0.4 is 4.74 Å². The highest BCUT2D eigenvalue weighted by atomic mass is 35.5. The molecular formula is C12H15ClO2. The van der Waals surface area contributed by atoms with Crippen LogP contribution in [0.2, 0.25) is 5.02 Å². The molecule has 0 spiro atoms. The third-order valence-electron chi connectivity index (χ3n) is 2.50. The van der Waals surface area contributed by atoms with Gasteiger partial charge < -0.3 is 4.74 Å². The molecule has 0 N–H and O–H groups in total. The van der Waals surface area contributed by atoms with E-state index in [0.717, 1.165) is 6.42 Å². The highest BCUT2D eigenvalue weighted by Crippen LogP contribution is 2.25. The average molecular weight is 227 g/mol. The predicted octanol–water partition coefficient (Wildman–Crippen LogP) is 3.58. The molecule has 0 aromatic heterocycles. The lowest BCUT2D eigenvalue weighted by atomic mass is 9.97. The van der Waals surface area contributed by atoms with Crippen LogP contribution in [0.3, 0.4) is 0 Å². The molecule has 0 aliphatic heterocycles. The number of rotatable bonds is 4. The number of ether oxygens (including phenoxy) is 1. The summed E-state index contributed by atoms with van der Waals surface area (Å²) in [5, 5.41) is 0.458. The van der Waals surface area contributed by atoms with Crippen molar-refractivity contribution in [3.05, 3.63) is 28.8 Å². The third-order valence-corrected chi connectivity index (χ3v) is 2.81. The summed E-state index contributed by atoms with van der Waals surface area (Å²) in [5.74, 6) is 0.766. The number of Topliss-reactive ketones (excluding diaryl/α,β-unsaturated/α-hetero) is 1. The molecule has 1 rings (SSSR count). The van der Waals surface area contributed by atoms with Crippen molar-refractivity contribution in [2.75, 3.05) is 7.11 Å². The highest BCUT2D eigenvalue weighted by Gasteiger charge is 2.16. The quantitative estimate of drug-likeness (QED) is 0.734. The maximum Gasteiger partial charge on any atom is 0.167 e. The average Bonchev–Trinajstić information content (AvgIpc) is 2.26. The van der Waals surface area contributed by atoms with Crippen molar-refractivity contribution in [3.8, 4) is 5.75 Å². The van der Waals surface area contributed by atoms with Crippen LogP contribution in [0.5, 0.6) is 5.75 Å². The van der Waals surface area contributed by atoms with Crippen molar-refractivity contribution in [3.63, 3.8) is 0 Å². The monoisotopic (exact) mass is 226 g/mol. The minimum Gasteiger partial charge on any atom is -0.497 e. The largest absolute Gasteiger partial charge is 0.497 e. The van der Waals surface area contributed by atoms with Crippen LogP contribution in [0.25, 0.3) is 0 Å². The Labute approximate surface area is 95.2 Å². The lowest BCUT2D eigenvalue weighted by Crippen LogP contribution is -2.10. The maximum atomic E-state index is 11.9. The summed E-state index contributed by atoms with van der Waals surface area (Å²) < 4.78 is 5.02. The summed E-state index contributed by atoms with van der Waals surface area (Å²) >= 11 is 6.00. The number of carbonyl (C=O) groups is 1. The first-order valence-corrected chi connectivity index (χ1v) is 5.35. The van der Waals surface area contributed by atoms with E-state index in [1.165, 1.54) is 0 Å². The zero-order valence-electron chi connectivity index (χ0n) is 9.21. The zero-order valence-corrected chi connectivity index (χ0v) is 9.97. The van der Waals surface area contributed by atoms with Crippen LogP contribution in [0.1, 0.15) is 30.6 Å². The molecule has 1 aromatic rings. The van der Waals surface area contributed by atoms with Gasteiger partial charge in [0.15, 0.2) is 5.78 Å². The Morgan fingerprint density at radius 1 is 1.53 bits per heavy atom. The summed E-state index contributed by atoms with van der Waals surface area (Å²) in [5.41, 5.74) is 0.576. The Hall–Kier alpha value is -1.02. The normalized spacial score (nSPS) is 12.3. The summed E-state index contributed by atoms with van der Waals surface area (Å²) in [6.45, 7) is 3.89. The van der Waals surface area contributed by atoms with Gasteiger partial charge in [0.25, 0.3) is 0 Å². The second-order valence-corrected chi connectivity index (χ2v) is 3.93. The van der Waals surface area contributed by atoms with Crippen LogP contribution in [0.4, 0.5) is 0 Å². The number of halogens is 1. The SMILES string of the molecule is CCC(C)C(=O)c1ccc(OC)cc1Cl. The van der Waals surface area contributed by atoms with Gasteiger partial charge in [0.05, 0.1) is 12.1 Å². The molecule has 0 bridgehead atoms. The van der Waals surface area contributed by atoms with Crippen molar-refractivity contribution >= 4 is 17.4 Å². The van der Waals surface area contributed by atoms with Crippen LogP contribution >= 0.6 is 11.6 Å². The Kier molecular flexibility index (Phi) is 4.15. The summed E-state index contributed by atoms with van der Waals surface area (Å²) in [6.07, 6.45) is 0.821. The Balaban J connectivity index is 3.00. The van der Waals surface area contributed by atoms with E-state index in [4.69, 9.17) is 16.3 Å². The second kappa shape index (κ2) is 5.17. The fourth-order valence-electron chi connectivity index (χ4n) is 1.27. The molecule has 0 amide bonds. The van der Waals surface area contributed by atoms with E-state index in [1.807, 2.05) is 13.8 Å². The number of carbonyl (C=O) groups excluding carboxylic acids is 1.